The van der Waals surface area contributed by atoms with Crippen LogP contribution in [0.25, 0.3) is 0 Å². The van der Waals surface area contributed by atoms with Gasteiger partial charge in [0.05, 0.1) is 0 Å². The number of Topliss-reactive ketones (excluding diaryl/α,β-unsaturated/α-hetero) is 1. The molecule has 130 valence electrons. The minimum Gasteiger partial charge on any atom is -0.460 e. The van der Waals surface area contributed by atoms with E-state index in [4.69, 9.17) is 4.74 Å². The van der Waals surface area contributed by atoms with E-state index in [9.17, 15) is 14.0 Å². The Labute approximate surface area is 151 Å². The zero-order valence-electron chi connectivity index (χ0n) is 14.0. The van der Waals surface area contributed by atoms with E-state index in [1.807, 2.05) is 30.3 Å². The van der Waals surface area contributed by atoms with Crippen LogP contribution in [0.5, 0.6) is 0 Å². The van der Waals surface area contributed by atoms with Gasteiger partial charge in [-0.15, -0.1) is 0 Å². The van der Waals surface area contributed by atoms with Gasteiger partial charge in [0.15, 0.2) is 5.78 Å². The highest BCUT2D eigenvalue weighted by Gasteiger charge is 2.31. The number of benzene rings is 3. The molecule has 0 saturated carbocycles. The van der Waals surface area contributed by atoms with Crippen LogP contribution in [0.3, 0.4) is 0 Å². The number of carbonyl (C=O) groups is 2. The first-order valence-electron chi connectivity index (χ1n) is 8.20. The average Bonchev–Trinajstić information content (AvgIpc) is 2.69. The predicted molar refractivity (Wildman–Crippen MR) is 96.2 cm³/mol. The summed E-state index contributed by atoms with van der Waals surface area (Å²) in [5, 5.41) is 0. The lowest BCUT2D eigenvalue weighted by atomic mass is 9.90. The maximum Gasteiger partial charge on any atom is 0.321 e. The number of hydrogen-bond acceptors (Lipinski definition) is 3. The van der Waals surface area contributed by atoms with E-state index in [1.165, 1.54) is 24.3 Å². The molecule has 3 aromatic carbocycles. The molecular formula is C22H17FO3. The summed E-state index contributed by atoms with van der Waals surface area (Å²) < 4.78 is 18.6. The fraction of sp³-hybridized carbons (Fsp3) is 0.0909. The lowest BCUT2D eigenvalue weighted by molar-refractivity contribution is -0.145. The van der Waals surface area contributed by atoms with E-state index in [0.29, 0.717) is 11.1 Å². The van der Waals surface area contributed by atoms with Crippen LogP contribution < -0.4 is 0 Å². The summed E-state index contributed by atoms with van der Waals surface area (Å²) in [5.74, 6) is -2.61. The number of ether oxygens (including phenoxy) is 1. The molecule has 0 aliphatic heterocycles. The molecule has 3 nitrogen and oxygen atoms in total. The third-order valence-corrected chi connectivity index (χ3v) is 3.98. The van der Waals surface area contributed by atoms with E-state index in [2.05, 4.69) is 0 Å². The molecule has 0 bridgehead atoms. The Bertz CT molecular complexity index is 874. The summed E-state index contributed by atoms with van der Waals surface area (Å²) >= 11 is 0. The second kappa shape index (κ2) is 8.21. The van der Waals surface area contributed by atoms with Gasteiger partial charge >= 0.3 is 5.97 Å². The first-order chi connectivity index (χ1) is 12.6. The Kier molecular flexibility index (Phi) is 5.54. The molecule has 0 heterocycles. The highest BCUT2D eigenvalue weighted by atomic mass is 19.1. The van der Waals surface area contributed by atoms with Gasteiger partial charge in [0, 0.05) is 5.56 Å². The van der Waals surface area contributed by atoms with Gasteiger partial charge in [-0.25, -0.2) is 4.39 Å². The molecule has 4 heteroatoms. The van der Waals surface area contributed by atoms with Gasteiger partial charge in [-0.05, 0) is 23.3 Å². The standard InChI is InChI=1S/C22H17FO3/c23-19-13-11-17(12-14-19)20(21(24)18-9-5-2-6-10-18)22(25)26-15-16-7-3-1-4-8-16/h1-14,20H,15H2. The quantitative estimate of drug-likeness (QED) is 0.373. The van der Waals surface area contributed by atoms with Crippen LogP contribution in [0, 0.1) is 5.82 Å². The van der Waals surface area contributed by atoms with Crippen molar-refractivity contribution in [3.63, 3.8) is 0 Å². The molecule has 0 radical (unpaired) electrons. The van der Waals surface area contributed by atoms with Crippen molar-refractivity contribution in [3.05, 3.63) is 107 Å². The van der Waals surface area contributed by atoms with E-state index >= 15 is 0 Å². The number of rotatable bonds is 6. The van der Waals surface area contributed by atoms with Gasteiger partial charge in [0.1, 0.15) is 18.3 Å². The van der Waals surface area contributed by atoms with Crippen molar-refractivity contribution < 1.29 is 18.7 Å². The fourth-order valence-electron chi connectivity index (χ4n) is 2.63. The topological polar surface area (TPSA) is 43.4 Å². The van der Waals surface area contributed by atoms with Gasteiger partial charge in [0.25, 0.3) is 0 Å². The Hall–Kier alpha value is -3.27. The number of hydrogen-bond donors (Lipinski definition) is 0. The SMILES string of the molecule is O=C(OCc1ccccc1)C(C(=O)c1ccccc1)c1ccc(F)cc1. The van der Waals surface area contributed by atoms with Crippen molar-refractivity contribution in [2.45, 2.75) is 12.5 Å². The number of esters is 1. The van der Waals surface area contributed by atoms with Crippen LogP contribution in [-0.4, -0.2) is 11.8 Å². The second-order valence-corrected chi connectivity index (χ2v) is 5.81. The summed E-state index contributed by atoms with van der Waals surface area (Å²) in [4.78, 5) is 25.6. The average molecular weight is 348 g/mol. The van der Waals surface area contributed by atoms with E-state index < -0.39 is 17.7 Å². The highest BCUT2D eigenvalue weighted by Crippen LogP contribution is 2.24. The molecule has 0 amide bonds. The van der Waals surface area contributed by atoms with Gasteiger partial charge < -0.3 is 4.74 Å². The van der Waals surface area contributed by atoms with Crippen molar-refractivity contribution >= 4 is 11.8 Å². The molecule has 26 heavy (non-hydrogen) atoms. The molecule has 0 aliphatic rings. The molecule has 0 fully saturated rings. The van der Waals surface area contributed by atoms with Gasteiger partial charge in [-0.1, -0.05) is 72.8 Å². The summed E-state index contributed by atoms with van der Waals surface area (Å²) in [6.45, 7) is 0.0689. The summed E-state index contributed by atoms with van der Waals surface area (Å²) in [6.07, 6.45) is 0. The molecule has 1 unspecified atom stereocenters. The molecule has 1 atom stereocenters. The lowest BCUT2D eigenvalue weighted by Gasteiger charge is -2.16. The van der Waals surface area contributed by atoms with Crippen LogP contribution >= 0.6 is 0 Å². The van der Waals surface area contributed by atoms with E-state index in [1.54, 1.807) is 30.3 Å². The van der Waals surface area contributed by atoms with Crippen molar-refractivity contribution in [1.82, 2.24) is 0 Å². The van der Waals surface area contributed by atoms with Crippen molar-refractivity contribution in [3.8, 4) is 0 Å². The first kappa shape index (κ1) is 17.5. The normalized spacial score (nSPS) is 11.6. The molecule has 3 aromatic rings. The molecule has 3 rings (SSSR count). The Balaban J connectivity index is 1.86. The van der Waals surface area contributed by atoms with Crippen LogP contribution in [0.2, 0.25) is 0 Å². The van der Waals surface area contributed by atoms with Gasteiger partial charge in [-0.2, -0.15) is 0 Å². The van der Waals surface area contributed by atoms with E-state index in [0.717, 1.165) is 5.56 Å². The maximum atomic E-state index is 13.2. The molecule has 0 N–H and O–H groups in total. The fourth-order valence-corrected chi connectivity index (χ4v) is 2.63. The largest absolute Gasteiger partial charge is 0.460 e. The summed E-state index contributed by atoms with van der Waals surface area (Å²) in [7, 11) is 0. The minimum absolute atomic E-state index is 0.0689. The number of halogens is 1. The number of carbonyl (C=O) groups excluding carboxylic acids is 2. The third kappa shape index (κ3) is 4.22. The molecule has 0 aromatic heterocycles. The highest BCUT2D eigenvalue weighted by molar-refractivity contribution is 6.12. The Morgan fingerprint density at radius 3 is 2.00 bits per heavy atom. The van der Waals surface area contributed by atoms with Crippen LogP contribution in [0.1, 0.15) is 27.4 Å². The van der Waals surface area contributed by atoms with Gasteiger partial charge in [0.2, 0.25) is 0 Å². The first-order valence-corrected chi connectivity index (χ1v) is 8.20. The minimum atomic E-state index is -1.14. The van der Waals surface area contributed by atoms with Crippen molar-refractivity contribution in [2.24, 2.45) is 0 Å². The van der Waals surface area contributed by atoms with Crippen LogP contribution in [0.15, 0.2) is 84.9 Å². The van der Waals surface area contributed by atoms with E-state index in [-0.39, 0.29) is 12.4 Å². The predicted octanol–water partition coefficient (Wildman–Crippen LogP) is 4.54. The monoisotopic (exact) mass is 348 g/mol. The third-order valence-electron chi connectivity index (χ3n) is 3.98. The molecular weight excluding hydrogens is 331 g/mol. The van der Waals surface area contributed by atoms with Gasteiger partial charge in [-0.3, -0.25) is 9.59 Å². The summed E-state index contributed by atoms with van der Waals surface area (Å²) in [6, 6.07) is 23.1. The van der Waals surface area contributed by atoms with Crippen LogP contribution in [-0.2, 0) is 16.1 Å². The molecule has 0 aliphatic carbocycles. The maximum absolute atomic E-state index is 13.2. The zero-order valence-corrected chi connectivity index (χ0v) is 14.0. The lowest BCUT2D eigenvalue weighted by Crippen LogP contribution is -2.24. The molecule has 0 spiro atoms. The Morgan fingerprint density at radius 1 is 0.808 bits per heavy atom. The second-order valence-electron chi connectivity index (χ2n) is 5.81. The summed E-state index contributed by atoms with van der Waals surface area (Å²) in [5.41, 5.74) is 1.63. The smallest absolute Gasteiger partial charge is 0.321 e. The van der Waals surface area contributed by atoms with Crippen LogP contribution in [0.4, 0.5) is 4.39 Å². The number of ketones is 1. The van der Waals surface area contributed by atoms with Crippen molar-refractivity contribution in [1.29, 1.82) is 0 Å². The Morgan fingerprint density at radius 2 is 1.38 bits per heavy atom. The zero-order chi connectivity index (χ0) is 18.4. The van der Waals surface area contributed by atoms with Crippen molar-refractivity contribution in [2.75, 3.05) is 0 Å². The molecule has 0 saturated heterocycles.